The molecule has 0 saturated carbocycles. The lowest BCUT2D eigenvalue weighted by Gasteiger charge is -2.28. The van der Waals surface area contributed by atoms with Crippen molar-refractivity contribution in [2.75, 3.05) is 27.4 Å². The minimum absolute atomic E-state index is 0.0667. The summed E-state index contributed by atoms with van der Waals surface area (Å²) >= 11 is 0. The van der Waals surface area contributed by atoms with Crippen molar-refractivity contribution in [2.45, 2.75) is 49.8 Å². The first kappa shape index (κ1) is 31.0. The van der Waals surface area contributed by atoms with Crippen LogP contribution in [0.15, 0.2) is 71.6 Å². The average molecular weight is 597 g/mol. The van der Waals surface area contributed by atoms with Crippen molar-refractivity contribution in [3.8, 4) is 22.6 Å². The SMILES string of the molecule is CCOCc1cc(OC)c(-c2ccc(C3CCN(S(=O)(=O)c4ccccc4)C3C(=O)NC(C)C(=O)O)cc2)c(OC)c1. The van der Waals surface area contributed by atoms with Gasteiger partial charge in [0, 0.05) is 19.1 Å². The maximum atomic E-state index is 13.6. The van der Waals surface area contributed by atoms with Crippen molar-refractivity contribution in [3.63, 3.8) is 0 Å². The predicted molar refractivity (Wildman–Crippen MR) is 157 cm³/mol. The molecule has 1 fully saturated rings. The Bertz CT molecular complexity index is 1480. The van der Waals surface area contributed by atoms with Gasteiger partial charge >= 0.3 is 5.97 Å². The van der Waals surface area contributed by atoms with Crippen LogP contribution in [0.5, 0.6) is 11.5 Å². The van der Waals surface area contributed by atoms with Crippen LogP contribution in [-0.4, -0.2) is 69.2 Å². The molecule has 4 rings (SSSR count). The van der Waals surface area contributed by atoms with E-state index in [2.05, 4.69) is 5.32 Å². The van der Waals surface area contributed by atoms with Crippen LogP contribution in [0, 0.1) is 0 Å². The fraction of sp³-hybridized carbons (Fsp3) is 0.355. The Labute approximate surface area is 246 Å². The van der Waals surface area contributed by atoms with Crippen LogP contribution in [0.2, 0.25) is 0 Å². The summed E-state index contributed by atoms with van der Waals surface area (Å²) in [4.78, 5) is 25.0. The standard InChI is InChI=1S/C31H36N2O8S/c1-5-41-19-21-17-26(39-3)28(27(18-21)40-4)23-13-11-22(12-14-23)25-15-16-33(29(25)30(34)32-20(2)31(35)36)42(37,38)24-9-7-6-8-10-24/h6-14,17-18,20,25,29H,5,15-16,19H2,1-4H3,(H,32,34)(H,35,36). The molecular weight excluding hydrogens is 560 g/mol. The Kier molecular flexibility index (Phi) is 9.87. The largest absolute Gasteiger partial charge is 0.496 e. The second-order valence-electron chi connectivity index (χ2n) is 9.97. The molecule has 0 aliphatic carbocycles. The number of ether oxygens (including phenoxy) is 3. The summed E-state index contributed by atoms with van der Waals surface area (Å²) in [5.74, 6) is -1.16. The Morgan fingerprint density at radius 3 is 2.19 bits per heavy atom. The normalized spacial score (nSPS) is 17.9. The third-order valence-electron chi connectivity index (χ3n) is 7.37. The van der Waals surface area contributed by atoms with Gasteiger partial charge < -0.3 is 24.6 Å². The molecule has 3 unspecified atom stereocenters. The summed E-state index contributed by atoms with van der Waals surface area (Å²) in [5.41, 5.74) is 3.21. The summed E-state index contributed by atoms with van der Waals surface area (Å²) in [6.45, 7) is 4.36. The zero-order chi connectivity index (χ0) is 30.4. The number of rotatable bonds is 12. The smallest absolute Gasteiger partial charge is 0.325 e. The van der Waals surface area contributed by atoms with Crippen LogP contribution in [0.1, 0.15) is 37.3 Å². The van der Waals surface area contributed by atoms with Gasteiger partial charge in [0.1, 0.15) is 23.6 Å². The van der Waals surface area contributed by atoms with Crippen molar-refractivity contribution in [2.24, 2.45) is 0 Å². The van der Waals surface area contributed by atoms with Crippen LogP contribution in [0.25, 0.3) is 11.1 Å². The minimum atomic E-state index is -4.03. The summed E-state index contributed by atoms with van der Waals surface area (Å²) in [5, 5.41) is 11.8. The summed E-state index contributed by atoms with van der Waals surface area (Å²) < 4.78 is 45.3. The second-order valence-corrected chi connectivity index (χ2v) is 11.9. The van der Waals surface area contributed by atoms with E-state index < -0.39 is 39.9 Å². The topological polar surface area (TPSA) is 131 Å². The molecule has 1 aliphatic rings. The second kappa shape index (κ2) is 13.4. The highest BCUT2D eigenvalue weighted by Gasteiger charge is 2.46. The molecule has 1 aliphatic heterocycles. The van der Waals surface area contributed by atoms with Gasteiger partial charge in [0.05, 0.1) is 31.3 Å². The molecule has 1 amide bonds. The molecule has 224 valence electrons. The van der Waals surface area contributed by atoms with Crippen LogP contribution in [0.3, 0.4) is 0 Å². The lowest BCUT2D eigenvalue weighted by atomic mass is 9.89. The highest BCUT2D eigenvalue weighted by atomic mass is 32.2. The first-order valence-corrected chi connectivity index (χ1v) is 15.1. The molecule has 0 bridgehead atoms. The Morgan fingerprint density at radius 1 is 1.02 bits per heavy atom. The van der Waals surface area contributed by atoms with Crippen molar-refractivity contribution >= 4 is 21.9 Å². The molecule has 42 heavy (non-hydrogen) atoms. The van der Waals surface area contributed by atoms with Crippen LogP contribution in [-0.2, 0) is 31.0 Å². The first-order chi connectivity index (χ1) is 20.1. The van der Waals surface area contributed by atoms with Crippen molar-refractivity contribution in [1.29, 1.82) is 0 Å². The fourth-order valence-corrected chi connectivity index (χ4v) is 6.89. The molecule has 3 aromatic rings. The van der Waals surface area contributed by atoms with E-state index in [-0.39, 0.29) is 11.4 Å². The maximum Gasteiger partial charge on any atom is 0.325 e. The quantitative estimate of drug-likeness (QED) is 0.320. The third-order valence-corrected chi connectivity index (χ3v) is 9.26. The van der Waals surface area contributed by atoms with Gasteiger partial charge in [-0.2, -0.15) is 4.31 Å². The summed E-state index contributed by atoms with van der Waals surface area (Å²) in [6.07, 6.45) is 0.379. The Morgan fingerprint density at radius 2 is 1.64 bits per heavy atom. The predicted octanol–water partition coefficient (Wildman–Crippen LogP) is 4.04. The molecule has 0 spiro atoms. The molecule has 1 heterocycles. The lowest BCUT2D eigenvalue weighted by Crippen LogP contribution is -2.51. The summed E-state index contributed by atoms with van der Waals surface area (Å²) in [6, 6.07) is 16.8. The number of carboxylic acid groups (broad SMARTS) is 1. The van der Waals surface area contributed by atoms with Gasteiger partial charge in [-0.15, -0.1) is 0 Å². The molecule has 3 atom stereocenters. The number of methoxy groups -OCH3 is 2. The molecule has 0 radical (unpaired) electrons. The number of hydrogen-bond acceptors (Lipinski definition) is 7. The van der Waals surface area contributed by atoms with Gasteiger partial charge in [-0.05, 0) is 61.2 Å². The van der Waals surface area contributed by atoms with E-state index in [1.54, 1.807) is 32.4 Å². The molecular formula is C31H36N2O8S. The number of sulfonamides is 1. The van der Waals surface area contributed by atoms with E-state index in [0.29, 0.717) is 31.1 Å². The number of aliphatic carboxylic acids is 1. The Hall–Kier alpha value is -3.93. The number of carboxylic acids is 1. The number of nitrogens with one attached hydrogen (secondary N) is 1. The molecule has 11 heteroatoms. The maximum absolute atomic E-state index is 13.6. The lowest BCUT2D eigenvalue weighted by molar-refractivity contribution is -0.141. The van der Waals surface area contributed by atoms with Gasteiger partial charge in [-0.25, -0.2) is 8.42 Å². The molecule has 3 aromatic carbocycles. The van der Waals surface area contributed by atoms with Gasteiger partial charge in [0.2, 0.25) is 15.9 Å². The number of carbonyl (C=O) groups is 2. The highest BCUT2D eigenvalue weighted by Crippen LogP contribution is 2.42. The molecule has 2 N–H and O–H groups in total. The third kappa shape index (κ3) is 6.43. The van der Waals surface area contributed by atoms with Gasteiger partial charge in [-0.1, -0.05) is 42.5 Å². The van der Waals surface area contributed by atoms with Gasteiger partial charge in [-0.3, -0.25) is 9.59 Å². The number of benzene rings is 3. The van der Waals surface area contributed by atoms with E-state index in [0.717, 1.165) is 22.3 Å². The zero-order valence-corrected chi connectivity index (χ0v) is 24.9. The monoisotopic (exact) mass is 596 g/mol. The summed E-state index contributed by atoms with van der Waals surface area (Å²) in [7, 11) is -0.864. The van der Waals surface area contributed by atoms with Crippen molar-refractivity contribution < 1.29 is 37.3 Å². The zero-order valence-electron chi connectivity index (χ0n) is 24.1. The van der Waals surface area contributed by atoms with E-state index >= 15 is 0 Å². The van der Waals surface area contributed by atoms with Crippen molar-refractivity contribution in [3.05, 3.63) is 77.9 Å². The van der Waals surface area contributed by atoms with Crippen LogP contribution >= 0.6 is 0 Å². The fourth-order valence-electron chi connectivity index (χ4n) is 5.24. The Balaban J connectivity index is 1.71. The van der Waals surface area contributed by atoms with E-state index in [1.807, 2.05) is 43.3 Å². The van der Waals surface area contributed by atoms with E-state index in [9.17, 15) is 23.1 Å². The van der Waals surface area contributed by atoms with Gasteiger partial charge in [0.25, 0.3) is 0 Å². The van der Waals surface area contributed by atoms with E-state index in [4.69, 9.17) is 14.2 Å². The highest BCUT2D eigenvalue weighted by molar-refractivity contribution is 7.89. The van der Waals surface area contributed by atoms with Crippen LogP contribution in [0.4, 0.5) is 0 Å². The first-order valence-electron chi connectivity index (χ1n) is 13.6. The minimum Gasteiger partial charge on any atom is -0.496 e. The number of nitrogens with zero attached hydrogens (tertiary/aromatic N) is 1. The average Bonchev–Trinajstić information content (AvgIpc) is 3.46. The number of amides is 1. The number of hydrogen-bond donors (Lipinski definition) is 2. The van der Waals surface area contributed by atoms with Gasteiger partial charge in [0.15, 0.2) is 0 Å². The van der Waals surface area contributed by atoms with Crippen molar-refractivity contribution in [1.82, 2.24) is 9.62 Å². The number of carbonyl (C=O) groups excluding carboxylic acids is 1. The molecule has 10 nitrogen and oxygen atoms in total. The molecule has 0 aromatic heterocycles. The molecule has 1 saturated heterocycles. The van der Waals surface area contributed by atoms with E-state index in [1.165, 1.54) is 23.4 Å². The van der Waals surface area contributed by atoms with Crippen LogP contribution < -0.4 is 14.8 Å².